The second-order valence-electron chi connectivity index (χ2n) is 6.10. The minimum atomic E-state index is 0.247. The number of hydrogen-bond donors (Lipinski definition) is 0. The van der Waals surface area contributed by atoms with Crippen LogP contribution >= 0.6 is 0 Å². The Kier molecular flexibility index (Phi) is 3.64. The van der Waals surface area contributed by atoms with Gasteiger partial charge in [0.05, 0.1) is 5.69 Å². The van der Waals surface area contributed by atoms with E-state index in [4.69, 9.17) is 0 Å². The second-order valence-corrected chi connectivity index (χ2v) is 6.10. The van der Waals surface area contributed by atoms with Gasteiger partial charge in [0.15, 0.2) is 0 Å². The van der Waals surface area contributed by atoms with Crippen LogP contribution in [0, 0.1) is 5.92 Å². The molecule has 0 N–H and O–H groups in total. The van der Waals surface area contributed by atoms with Gasteiger partial charge < -0.3 is 9.80 Å². The van der Waals surface area contributed by atoms with Gasteiger partial charge in [-0.1, -0.05) is 12.8 Å². The van der Waals surface area contributed by atoms with E-state index in [1.54, 1.807) is 0 Å². The zero-order chi connectivity index (χ0) is 14.1. The Bertz CT molecular complexity index is 506. The number of hydrogen-bond acceptors (Lipinski definition) is 3. The van der Waals surface area contributed by atoms with Crippen molar-refractivity contribution < 1.29 is 4.79 Å². The molecule has 2 heterocycles. The number of pyridine rings is 1. The predicted octanol–water partition coefficient (Wildman–Crippen LogP) is 2.62. The quantitative estimate of drug-likeness (QED) is 0.831. The molecule has 0 unspecified atom stereocenters. The number of anilines is 2. The maximum atomic E-state index is 12.7. The molecule has 1 aromatic rings. The molecule has 1 fully saturated rings. The van der Waals surface area contributed by atoms with Gasteiger partial charge in [-0.2, -0.15) is 0 Å². The van der Waals surface area contributed by atoms with Crippen LogP contribution in [-0.2, 0) is 11.2 Å². The van der Waals surface area contributed by atoms with Crippen molar-refractivity contribution in [2.75, 3.05) is 30.4 Å². The lowest BCUT2D eigenvalue weighted by molar-refractivity contribution is -0.122. The van der Waals surface area contributed by atoms with Crippen LogP contribution in [0.5, 0.6) is 0 Å². The number of nitrogens with zero attached hydrogens (tertiary/aromatic N) is 3. The molecule has 0 atom stereocenters. The zero-order valence-electron chi connectivity index (χ0n) is 12.4. The normalized spacial score (nSPS) is 19.0. The van der Waals surface area contributed by atoms with E-state index < -0.39 is 0 Å². The molecule has 1 aliphatic carbocycles. The van der Waals surface area contributed by atoms with Crippen molar-refractivity contribution >= 4 is 17.4 Å². The van der Waals surface area contributed by atoms with Gasteiger partial charge in [0.1, 0.15) is 5.82 Å². The second kappa shape index (κ2) is 5.43. The van der Waals surface area contributed by atoms with Crippen LogP contribution in [0.25, 0.3) is 0 Å². The van der Waals surface area contributed by atoms with E-state index in [9.17, 15) is 4.79 Å². The molecule has 4 heteroatoms. The van der Waals surface area contributed by atoms with E-state index in [0.29, 0.717) is 5.91 Å². The molecule has 1 aromatic heterocycles. The van der Waals surface area contributed by atoms with Crippen molar-refractivity contribution in [1.82, 2.24) is 4.98 Å². The molecule has 4 nitrogen and oxygen atoms in total. The third-order valence-corrected chi connectivity index (χ3v) is 4.50. The summed E-state index contributed by atoms with van der Waals surface area (Å²) in [6.45, 7) is 0.860. The number of rotatable bonds is 2. The molecule has 1 aliphatic heterocycles. The highest BCUT2D eigenvalue weighted by molar-refractivity contribution is 5.97. The first-order chi connectivity index (χ1) is 9.68. The summed E-state index contributed by atoms with van der Waals surface area (Å²) in [5, 5.41) is 0. The summed E-state index contributed by atoms with van der Waals surface area (Å²) in [4.78, 5) is 21.3. The van der Waals surface area contributed by atoms with Crippen LogP contribution in [0.2, 0.25) is 0 Å². The number of amides is 1. The third kappa shape index (κ3) is 2.28. The fourth-order valence-electron chi connectivity index (χ4n) is 3.51. The van der Waals surface area contributed by atoms with Crippen molar-refractivity contribution in [3.05, 3.63) is 17.8 Å². The van der Waals surface area contributed by atoms with Gasteiger partial charge in [-0.15, -0.1) is 0 Å². The molecule has 0 radical (unpaired) electrons. The average molecular weight is 273 g/mol. The van der Waals surface area contributed by atoms with Crippen molar-refractivity contribution in [2.24, 2.45) is 5.92 Å². The van der Waals surface area contributed by atoms with E-state index in [2.05, 4.69) is 4.98 Å². The van der Waals surface area contributed by atoms with Crippen molar-refractivity contribution in [3.63, 3.8) is 0 Å². The molecule has 108 valence electrons. The van der Waals surface area contributed by atoms with Gasteiger partial charge in [-0.25, -0.2) is 4.98 Å². The van der Waals surface area contributed by atoms with Crippen LogP contribution in [0.1, 0.15) is 37.7 Å². The zero-order valence-corrected chi connectivity index (χ0v) is 12.4. The van der Waals surface area contributed by atoms with Gasteiger partial charge >= 0.3 is 0 Å². The lowest BCUT2D eigenvalue weighted by atomic mass is 9.99. The molecule has 2 aliphatic rings. The predicted molar refractivity (Wildman–Crippen MR) is 81.2 cm³/mol. The first-order valence-corrected chi connectivity index (χ1v) is 7.65. The van der Waals surface area contributed by atoms with Gasteiger partial charge in [-0.05, 0) is 31.7 Å². The number of carbonyl (C=O) groups is 1. The van der Waals surface area contributed by atoms with E-state index in [0.717, 1.165) is 43.7 Å². The molecule has 0 spiro atoms. The first-order valence-electron chi connectivity index (χ1n) is 7.65. The maximum absolute atomic E-state index is 12.7. The lowest BCUT2D eigenvalue weighted by Gasteiger charge is -2.33. The van der Waals surface area contributed by atoms with Gasteiger partial charge in [0.2, 0.25) is 5.91 Å². The van der Waals surface area contributed by atoms with E-state index in [-0.39, 0.29) is 5.92 Å². The topological polar surface area (TPSA) is 36.4 Å². The molecule has 0 aromatic carbocycles. The van der Waals surface area contributed by atoms with E-state index in [1.165, 1.54) is 18.4 Å². The SMILES string of the molecule is CN(C)c1nccc2c1CCCN2C(=O)C1CCCC1. The molecule has 1 amide bonds. The van der Waals surface area contributed by atoms with E-state index in [1.807, 2.05) is 36.2 Å². The van der Waals surface area contributed by atoms with Crippen LogP contribution < -0.4 is 9.80 Å². The Labute approximate surface area is 120 Å². The fourth-order valence-corrected chi connectivity index (χ4v) is 3.51. The fraction of sp³-hybridized carbons (Fsp3) is 0.625. The molecule has 20 heavy (non-hydrogen) atoms. The number of fused-ring (bicyclic) bond motifs is 1. The molecule has 1 saturated carbocycles. The average Bonchev–Trinajstić information content (AvgIpc) is 2.99. The van der Waals surface area contributed by atoms with E-state index >= 15 is 0 Å². The Morgan fingerprint density at radius 3 is 2.75 bits per heavy atom. The van der Waals surface area contributed by atoms with Crippen LogP contribution in [-0.4, -0.2) is 31.5 Å². The summed E-state index contributed by atoms with van der Waals surface area (Å²) < 4.78 is 0. The van der Waals surface area contributed by atoms with Crippen molar-refractivity contribution in [3.8, 4) is 0 Å². The first kappa shape index (κ1) is 13.4. The minimum Gasteiger partial charge on any atom is -0.362 e. The molecular weight excluding hydrogens is 250 g/mol. The van der Waals surface area contributed by atoms with Crippen molar-refractivity contribution in [1.29, 1.82) is 0 Å². The Balaban J connectivity index is 1.93. The summed E-state index contributed by atoms with van der Waals surface area (Å²) in [7, 11) is 4.03. The number of carbonyl (C=O) groups excluding carboxylic acids is 1. The highest BCUT2D eigenvalue weighted by Crippen LogP contribution is 2.35. The minimum absolute atomic E-state index is 0.247. The van der Waals surface area contributed by atoms with Crippen LogP contribution in [0.15, 0.2) is 12.3 Å². The summed E-state index contributed by atoms with van der Waals surface area (Å²) in [5.41, 5.74) is 2.32. The molecule has 0 saturated heterocycles. The van der Waals surface area contributed by atoms with Crippen LogP contribution in [0.3, 0.4) is 0 Å². The van der Waals surface area contributed by atoms with Crippen molar-refractivity contribution in [2.45, 2.75) is 38.5 Å². The Morgan fingerprint density at radius 1 is 1.30 bits per heavy atom. The van der Waals surface area contributed by atoms with Crippen LogP contribution in [0.4, 0.5) is 11.5 Å². The lowest BCUT2D eigenvalue weighted by Crippen LogP contribution is -2.39. The third-order valence-electron chi connectivity index (χ3n) is 4.50. The Morgan fingerprint density at radius 2 is 2.05 bits per heavy atom. The Hall–Kier alpha value is -1.58. The van der Waals surface area contributed by atoms with Gasteiger partial charge in [0.25, 0.3) is 0 Å². The van der Waals surface area contributed by atoms with Gasteiger partial charge in [0, 0.05) is 38.3 Å². The number of aromatic nitrogens is 1. The molecule has 3 rings (SSSR count). The standard InChI is InChI=1S/C16H23N3O/c1-18(2)15-13-8-5-11-19(14(13)9-10-17-15)16(20)12-6-3-4-7-12/h9-10,12H,3-8,11H2,1-2H3. The summed E-state index contributed by atoms with van der Waals surface area (Å²) in [6, 6.07) is 2.01. The summed E-state index contributed by atoms with van der Waals surface area (Å²) in [6.07, 6.45) is 8.43. The molecular formula is C16H23N3O. The monoisotopic (exact) mass is 273 g/mol. The summed E-state index contributed by atoms with van der Waals surface area (Å²) >= 11 is 0. The van der Waals surface area contributed by atoms with Gasteiger partial charge in [-0.3, -0.25) is 4.79 Å². The largest absolute Gasteiger partial charge is 0.362 e. The maximum Gasteiger partial charge on any atom is 0.230 e. The highest BCUT2D eigenvalue weighted by atomic mass is 16.2. The smallest absolute Gasteiger partial charge is 0.230 e. The summed E-state index contributed by atoms with van der Waals surface area (Å²) in [5.74, 6) is 1.59. The highest BCUT2D eigenvalue weighted by Gasteiger charge is 2.31. The molecule has 0 bridgehead atoms.